The smallest absolute Gasteiger partial charge is 0.255 e. The fourth-order valence-electron chi connectivity index (χ4n) is 2.93. The SMILES string of the molecule is COc1ccc(C(=O)Nc2ccc(Cl)c(-c3nc4cc(C)ccc4o3)c2)cc1Cl. The number of carbonyl (C=O) groups is 1. The standard InChI is InChI=1S/C22H16Cl2N2O3/c1-12-3-7-20-18(9-12)26-22(29-20)15-11-14(5-6-16(15)23)25-21(27)13-4-8-19(28-2)17(24)10-13/h3-11H,1-2H3,(H,25,27). The van der Waals surface area contributed by atoms with E-state index in [1.807, 2.05) is 25.1 Å². The lowest BCUT2D eigenvalue weighted by atomic mass is 10.1. The van der Waals surface area contributed by atoms with Gasteiger partial charge in [0.25, 0.3) is 5.91 Å². The molecule has 4 aromatic rings. The highest BCUT2D eigenvalue weighted by Gasteiger charge is 2.15. The summed E-state index contributed by atoms with van der Waals surface area (Å²) in [7, 11) is 1.52. The topological polar surface area (TPSA) is 64.4 Å². The molecule has 1 amide bonds. The Morgan fingerprint density at radius 3 is 2.62 bits per heavy atom. The zero-order valence-corrected chi connectivity index (χ0v) is 17.1. The van der Waals surface area contributed by atoms with Crippen LogP contribution in [-0.4, -0.2) is 18.0 Å². The van der Waals surface area contributed by atoms with Crippen LogP contribution in [0.3, 0.4) is 0 Å². The average Bonchev–Trinajstić information content (AvgIpc) is 3.12. The lowest BCUT2D eigenvalue weighted by molar-refractivity contribution is 0.102. The first-order chi connectivity index (χ1) is 13.9. The molecule has 1 heterocycles. The number of methoxy groups -OCH3 is 1. The Bertz CT molecular complexity index is 1230. The van der Waals surface area contributed by atoms with E-state index in [-0.39, 0.29) is 5.91 Å². The first kappa shape index (κ1) is 19.3. The molecule has 5 nitrogen and oxygen atoms in total. The molecule has 0 saturated carbocycles. The van der Waals surface area contributed by atoms with Gasteiger partial charge in [0, 0.05) is 11.3 Å². The van der Waals surface area contributed by atoms with Crippen LogP contribution >= 0.6 is 23.2 Å². The molecule has 0 aliphatic rings. The number of anilines is 1. The van der Waals surface area contributed by atoms with Crippen LogP contribution in [0.4, 0.5) is 5.69 Å². The van der Waals surface area contributed by atoms with Gasteiger partial charge in [0.1, 0.15) is 11.3 Å². The molecule has 0 spiro atoms. The molecule has 0 unspecified atom stereocenters. The van der Waals surface area contributed by atoms with E-state index in [4.69, 9.17) is 32.4 Å². The highest BCUT2D eigenvalue weighted by Crippen LogP contribution is 2.33. The second kappa shape index (κ2) is 7.78. The highest BCUT2D eigenvalue weighted by atomic mass is 35.5. The molecule has 0 aliphatic carbocycles. The highest BCUT2D eigenvalue weighted by molar-refractivity contribution is 6.33. The van der Waals surface area contributed by atoms with Gasteiger partial charge >= 0.3 is 0 Å². The van der Waals surface area contributed by atoms with Crippen molar-refractivity contribution in [2.24, 2.45) is 0 Å². The third kappa shape index (κ3) is 3.92. The summed E-state index contributed by atoms with van der Waals surface area (Å²) in [6, 6.07) is 15.7. The van der Waals surface area contributed by atoms with E-state index < -0.39 is 0 Å². The van der Waals surface area contributed by atoms with Crippen molar-refractivity contribution in [2.45, 2.75) is 6.92 Å². The van der Waals surface area contributed by atoms with E-state index in [0.29, 0.717) is 44.1 Å². The van der Waals surface area contributed by atoms with Crippen LogP contribution in [0.5, 0.6) is 5.75 Å². The molecule has 29 heavy (non-hydrogen) atoms. The lowest BCUT2D eigenvalue weighted by Gasteiger charge is -2.09. The molecule has 0 radical (unpaired) electrons. The van der Waals surface area contributed by atoms with E-state index in [1.54, 1.807) is 36.4 Å². The fourth-order valence-corrected chi connectivity index (χ4v) is 3.39. The van der Waals surface area contributed by atoms with Crippen LogP contribution in [0.15, 0.2) is 59.0 Å². The van der Waals surface area contributed by atoms with Gasteiger partial charge in [0.05, 0.1) is 22.7 Å². The molecular formula is C22H16Cl2N2O3. The number of hydrogen-bond acceptors (Lipinski definition) is 4. The van der Waals surface area contributed by atoms with E-state index in [1.165, 1.54) is 7.11 Å². The summed E-state index contributed by atoms with van der Waals surface area (Å²) >= 11 is 12.5. The van der Waals surface area contributed by atoms with E-state index >= 15 is 0 Å². The number of nitrogens with one attached hydrogen (secondary N) is 1. The van der Waals surface area contributed by atoms with Crippen LogP contribution in [0.2, 0.25) is 10.0 Å². The van der Waals surface area contributed by atoms with E-state index in [2.05, 4.69) is 10.3 Å². The number of aryl methyl sites for hydroxylation is 1. The largest absolute Gasteiger partial charge is 0.495 e. The number of ether oxygens (including phenoxy) is 1. The maximum absolute atomic E-state index is 12.6. The fraction of sp³-hybridized carbons (Fsp3) is 0.0909. The van der Waals surface area contributed by atoms with Gasteiger partial charge in [-0.25, -0.2) is 4.98 Å². The Morgan fingerprint density at radius 1 is 1.03 bits per heavy atom. The van der Waals surface area contributed by atoms with Crippen LogP contribution in [-0.2, 0) is 0 Å². The third-order valence-corrected chi connectivity index (χ3v) is 5.04. The van der Waals surface area contributed by atoms with Crippen molar-refractivity contribution in [1.82, 2.24) is 4.98 Å². The number of aromatic nitrogens is 1. The molecule has 4 rings (SSSR count). The molecule has 7 heteroatoms. The zero-order valence-electron chi connectivity index (χ0n) is 15.6. The number of oxazole rings is 1. The van der Waals surface area contributed by atoms with Gasteiger partial charge in [-0.2, -0.15) is 0 Å². The quantitative estimate of drug-likeness (QED) is 0.411. The van der Waals surface area contributed by atoms with Crippen LogP contribution < -0.4 is 10.1 Å². The van der Waals surface area contributed by atoms with Crippen molar-refractivity contribution in [2.75, 3.05) is 12.4 Å². The van der Waals surface area contributed by atoms with Crippen LogP contribution in [0.25, 0.3) is 22.6 Å². The molecule has 0 bridgehead atoms. The number of benzene rings is 3. The van der Waals surface area contributed by atoms with Crippen molar-refractivity contribution in [1.29, 1.82) is 0 Å². The van der Waals surface area contributed by atoms with Crippen molar-refractivity contribution >= 4 is 45.9 Å². The maximum Gasteiger partial charge on any atom is 0.255 e. The van der Waals surface area contributed by atoms with Gasteiger partial charge < -0.3 is 14.5 Å². The molecule has 3 aromatic carbocycles. The minimum absolute atomic E-state index is 0.309. The zero-order chi connectivity index (χ0) is 20.5. The first-order valence-electron chi connectivity index (χ1n) is 8.76. The summed E-state index contributed by atoms with van der Waals surface area (Å²) in [5.74, 6) is 0.582. The maximum atomic E-state index is 12.6. The van der Waals surface area contributed by atoms with E-state index in [9.17, 15) is 4.79 Å². The number of nitrogens with zero attached hydrogens (tertiary/aromatic N) is 1. The Hall–Kier alpha value is -3.02. The Morgan fingerprint density at radius 2 is 1.86 bits per heavy atom. The molecule has 0 saturated heterocycles. The van der Waals surface area contributed by atoms with Crippen LogP contribution in [0, 0.1) is 6.92 Å². The van der Waals surface area contributed by atoms with Gasteiger partial charge in [0.15, 0.2) is 5.58 Å². The second-order valence-corrected chi connectivity index (χ2v) is 7.30. The summed E-state index contributed by atoms with van der Waals surface area (Å²) in [6.07, 6.45) is 0. The van der Waals surface area contributed by atoms with Gasteiger partial charge in [0.2, 0.25) is 5.89 Å². The van der Waals surface area contributed by atoms with Gasteiger partial charge in [-0.1, -0.05) is 29.3 Å². The third-order valence-electron chi connectivity index (χ3n) is 4.41. The van der Waals surface area contributed by atoms with Gasteiger partial charge in [-0.05, 0) is 61.0 Å². The first-order valence-corrected chi connectivity index (χ1v) is 9.52. The van der Waals surface area contributed by atoms with Crippen LogP contribution in [0.1, 0.15) is 15.9 Å². The number of carbonyl (C=O) groups excluding carboxylic acids is 1. The van der Waals surface area contributed by atoms with Gasteiger partial charge in [-0.3, -0.25) is 4.79 Å². The molecule has 1 aromatic heterocycles. The number of rotatable bonds is 4. The molecule has 1 N–H and O–H groups in total. The molecule has 0 fully saturated rings. The van der Waals surface area contributed by atoms with Crippen molar-refractivity contribution in [3.63, 3.8) is 0 Å². The van der Waals surface area contributed by atoms with Gasteiger partial charge in [-0.15, -0.1) is 0 Å². The number of fused-ring (bicyclic) bond motifs is 1. The number of hydrogen-bond donors (Lipinski definition) is 1. The summed E-state index contributed by atoms with van der Waals surface area (Å²) < 4.78 is 10.9. The molecule has 146 valence electrons. The number of halogens is 2. The Labute approximate surface area is 177 Å². The van der Waals surface area contributed by atoms with E-state index in [0.717, 1.165) is 11.1 Å². The van der Waals surface area contributed by atoms with Crippen molar-refractivity contribution < 1.29 is 13.9 Å². The number of amides is 1. The summed E-state index contributed by atoms with van der Waals surface area (Å²) in [6.45, 7) is 1.99. The van der Waals surface area contributed by atoms with Crippen molar-refractivity contribution in [3.05, 3.63) is 75.8 Å². The minimum atomic E-state index is -0.309. The second-order valence-electron chi connectivity index (χ2n) is 6.49. The molecular weight excluding hydrogens is 411 g/mol. The summed E-state index contributed by atoms with van der Waals surface area (Å²) in [5, 5.41) is 3.67. The Kier molecular flexibility index (Phi) is 5.18. The summed E-state index contributed by atoms with van der Waals surface area (Å²) in [5.41, 5.74) is 4.06. The molecule has 0 aliphatic heterocycles. The normalized spacial score (nSPS) is 10.9. The summed E-state index contributed by atoms with van der Waals surface area (Å²) in [4.78, 5) is 17.1. The molecule has 0 atom stereocenters. The predicted octanol–water partition coefficient (Wildman–Crippen LogP) is 6.37. The lowest BCUT2D eigenvalue weighted by Crippen LogP contribution is -2.12. The minimum Gasteiger partial charge on any atom is -0.495 e. The monoisotopic (exact) mass is 426 g/mol. The predicted molar refractivity (Wildman–Crippen MR) is 115 cm³/mol. The Balaban J connectivity index is 1.64. The van der Waals surface area contributed by atoms with Crippen molar-refractivity contribution in [3.8, 4) is 17.2 Å². The average molecular weight is 427 g/mol.